The number of nitrogens with zero attached hydrogens (tertiary/aromatic N) is 2. The fraction of sp³-hybridized carbons (Fsp3) is 0.700. The molecule has 1 atom stereocenters. The van der Waals surface area contributed by atoms with E-state index in [1.165, 1.54) is 12.0 Å². The minimum Gasteiger partial charge on any atom is -0.444 e. The highest BCUT2D eigenvalue weighted by atomic mass is 16.6. The number of piperidine rings is 1. The molecule has 1 saturated heterocycles. The van der Waals surface area contributed by atoms with Crippen LogP contribution in [-0.4, -0.2) is 47.8 Å². The van der Waals surface area contributed by atoms with Gasteiger partial charge in [0.2, 0.25) is 0 Å². The number of rotatable bonds is 6. The standard InChI is InChI=1S/C20H33N3O2/c1-20(2,3)25-19(24)23-13-9-16(10-14-23)5-6-18(21-4)15-17-7-11-22-12-8-17/h7-8,11-12,16,18,21H,5-6,9-10,13-15H2,1-4H3. The van der Waals surface area contributed by atoms with Crippen molar-refractivity contribution in [2.24, 2.45) is 5.92 Å². The maximum atomic E-state index is 12.1. The number of hydrogen-bond acceptors (Lipinski definition) is 4. The lowest BCUT2D eigenvalue weighted by Gasteiger charge is -2.34. The van der Waals surface area contributed by atoms with Crippen molar-refractivity contribution < 1.29 is 9.53 Å². The summed E-state index contributed by atoms with van der Waals surface area (Å²) in [6.45, 7) is 7.37. The maximum Gasteiger partial charge on any atom is 0.410 e. The van der Waals surface area contributed by atoms with Crippen LogP contribution in [0.3, 0.4) is 0 Å². The maximum absolute atomic E-state index is 12.1. The van der Waals surface area contributed by atoms with Crippen LogP contribution in [0.25, 0.3) is 0 Å². The predicted octanol–water partition coefficient (Wildman–Crippen LogP) is 3.64. The van der Waals surface area contributed by atoms with Crippen molar-refractivity contribution in [1.29, 1.82) is 0 Å². The number of carbonyl (C=O) groups is 1. The number of aromatic nitrogens is 1. The first kappa shape index (κ1) is 19.7. The number of hydrogen-bond donors (Lipinski definition) is 1. The molecule has 1 aromatic rings. The van der Waals surface area contributed by atoms with E-state index in [1.807, 2.05) is 45.1 Å². The van der Waals surface area contributed by atoms with Crippen molar-refractivity contribution in [3.05, 3.63) is 30.1 Å². The lowest BCUT2D eigenvalue weighted by molar-refractivity contribution is 0.0179. The molecule has 0 radical (unpaired) electrons. The van der Waals surface area contributed by atoms with Gasteiger partial charge in [-0.05, 0) is 83.5 Å². The number of nitrogens with one attached hydrogen (secondary N) is 1. The zero-order valence-corrected chi connectivity index (χ0v) is 16.1. The zero-order valence-electron chi connectivity index (χ0n) is 16.1. The van der Waals surface area contributed by atoms with Gasteiger partial charge in [0.05, 0.1) is 0 Å². The van der Waals surface area contributed by atoms with Crippen LogP contribution in [0.4, 0.5) is 4.79 Å². The van der Waals surface area contributed by atoms with E-state index in [-0.39, 0.29) is 6.09 Å². The largest absolute Gasteiger partial charge is 0.444 e. The van der Waals surface area contributed by atoms with E-state index in [4.69, 9.17) is 4.74 Å². The molecule has 1 unspecified atom stereocenters. The minimum absolute atomic E-state index is 0.170. The molecule has 0 saturated carbocycles. The number of amides is 1. The molecule has 25 heavy (non-hydrogen) atoms. The first-order valence-electron chi connectivity index (χ1n) is 9.41. The highest BCUT2D eigenvalue weighted by Gasteiger charge is 2.27. The van der Waals surface area contributed by atoms with E-state index in [1.54, 1.807) is 0 Å². The molecule has 140 valence electrons. The topological polar surface area (TPSA) is 54.5 Å². The Morgan fingerprint density at radius 3 is 2.52 bits per heavy atom. The van der Waals surface area contributed by atoms with E-state index in [0.717, 1.165) is 38.8 Å². The Morgan fingerprint density at radius 1 is 1.32 bits per heavy atom. The number of carbonyl (C=O) groups excluding carboxylic acids is 1. The highest BCUT2D eigenvalue weighted by Crippen LogP contribution is 2.24. The first-order chi connectivity index (χ1) is 11.9. The summed E-state index contributed by atoms with van der Waals surface area (Å²) in [5.74, 6) is 0.701. The third kappa shape index (κ3) is 7.02. The van der Waals surface area contributed by atoms with Gasteiger partial charge in [-0.25, -0.2) is 4.79 Å². The Balaban J connectivity index is 1.71. The molecule has 0 spiro atoms. The first-order valence-corrected chi connectivity index (χ1v) is 9.41. The number of likely N-dealkylation sites (N-methyl/N-ethyl adjacent to an activating group) is 1. The van der Waals surface area contributed by atoms with Gasteiger partial charge in [0.1, 0.15) is 5.60 Å². The van der Waals surface area contributed by atoms with Crippen LogP contribution in [0.1, 0.15) is 52.0 Å². The summed E-state index contributed by atoms with van der Waals surface area (Å²) in [5.41, 5.74) is 0.912. The normalized spacial score (nSPS) is 17.4. The van der Waals surface area contributed by atoms with E-state index >= 15 is 0 Å². The van der Waals surface area contributed by atoms with Crippen LogP contribution in [0.2, 0.25) is 0 Å². The second-order valence-electron chi connectivity index (χ2n) is 8.03. The molecule has 2 rings (SSSR count). The Kier molecular flexibility index (Phi) is 7.24. The van der Waals surface area contributed by atoms with Gasteiger partial charge < -0.3 is 15.0 Å². The predicted molar refractivity (Wildman–Crippen MR) is 101 cm³/mol. The molecule has 0 aromatic carbocycles. The van der Waals surface area contributed by atoms with Crippen molar-refractivity contribution in [1.82, 2.24) is 15.2 Å². The van der Waals surface area contributed by atoms with Crippen molar-refractivity contribution in [2.45, 2.75) is 64.5 Å². The highest BCUT2D eigenvalue weighted by molar-refractivity contribution is 5.68. The monoisotopic (exact) mass is 347 g/mol. The average Bonchev–Trinajstić information content (AvgIpc) is 2.58. The number of likely N-dealkylation sites (tertiary alicyclic amines) is 1. The summed E-state index contributed by atoms with van der Waals surface area (Å²) in [6.07, 6.45) is 9.10. The average molecular weight is 348 g/mol. The molecule has 1 N–H and O–H groups in total. The summed E-state index contributed by atoms with van der Waals surface area (Å²) in [4.78, 5) is 18.1. The third-order valence-electron chi connectivity index (χ3n) is 4.83. The Labute approximate surface area is 152 Å². The summed E-state index contributed by atoms with van der Waals surface area (Å²) in [5, 5.41) is 3.44. The van der Waals surface area contributed by atoms with E-state index in [0.29, 0.717) is 12.0 Å². The van der Waals surface area contributed by atoms with Crippen LogP contribution in [0, 0.1) is 5.92 Å². The molecule has 1 aromatic heterocycles. The molecule has 0 bridgehead atoms. The quantitative estimate of drug-likeness (QED) is 0.853. The Hall–Kier alpha value is -1.62. The van der Waals surface area contributed by atoms with Crippen molar-refractivity contribution in [2.75, 3.05) is 20.1 Å². The van der Waals surface area contributed by atoms with Crippen molar-refractivity contribution >= 4 is 6.09 Å². The van der Waals surface area contributed by atoms with E-state index in [9.17, 15) is 4.79 Å². The molecular formula is C20H33N3O2. The molecule has 1 aliphatic rings. The lowest BCUT2D eigenvalue weighted by atomic mass is 9.89. The van der Waals surface area contributed by atoms with Gasteiger partial charge in [-0.2, -0.15) is 0 Å². The van der Waals surface area contributed by atoms with Gasteiger partial charge in [0, 0.05) is 31.5 Å². The van der Waals surface area contributed by atoms with Gasteiger partial charge in [0.15, 0.2) is 0 Å². The molecule has 1 fully saturated rings. The Morgan fingerprint density at radius 2 is 1.96 bits per heavy atom. The smallest absolute Gasteiger partial charge is 0.410 e. The molecule has 1 amide bonds. The summed E-state index contributed by atoms with van der Waals surface area (Å²) < 4.78 is 5.47. The van der Waals surface area contributed by atoms with Crippen LogP contribution in [0.15, 0.2) is 24.5 Å². The molecular weight excluding hydrogens is 314 g/mol. The van der Waals surface area contributed by atoms with Crippen LogP contribution < -0.4 is 5.32 Å². The molecule has 2 heterocycles. The van der Waals surface area contributed by atoms with Gasteiger partial charge in [-0.3, -0.25) is 4.98 Å². The van der Waals surface area contributed by atoms with Gasteiger partial charge in [-0.1, -0.05) is 0 Å². The summed E-state index contributed by atoms with van der Waals surface area (Å²) in [6, 6.07) is 4.67. The molecule has 1 aliphatic heterocycles. The van der Waals surface area contributed by atoms with E-state index < -0.39 is 5.60 Å². The van der Waals surface area contributed by atoms with Gasteiger partial charge >= 0.3 is 6.09 Å². The molecule has 0 aliphatic carbocycles. The number of ether oxygens (including phenoxy) is 1. The van der Waals surface area contributed by atoms with E-state index in [2.05, 4.69) is 22.4 Å². The second-order valence-corrected chi connectivity index (χ2v) is 8.03. The SMILES string of the molecule is CNC(CCC1CCN(C(=O)OC(C)(C)C)CC1)Cc1ccncc1. The van der Waals surface area contributed by atoms with Crippen LogP contribution in [0.5, 0.6) is 0 Å². The van der Waals surface area contributed by atoms with Crippen LogP contribution >= 0.6 is 0 Å². The van der Waals surface area contributed by atoms with Crippen LogP contribution in [-0.2, 0) is 11.2 Å². The molecule has 5 heteroatoms. The van der Waals surface area contributed by atoms with Crippen molar-refractivity contribution in [3.8, 4) is 0 Å². The fourth-order valence-electron chi connectivity index (χ4n) is 3.32. The zero-order chi connectivity index (χ0) is 18.3. The fourth-order valence-corrected chi connectivity index (χ4v) is 3.32. The lowest BCUT2D eigenvalue weighted by Crippen LogP contribution is -2.42. The third-order valence-corrected chi connectivity index (χ3v) is 4.83. The van der Waals surface area contributed by atoms with Gasteiger partial charge in [0.25, 0.3) is 0 Å². The Bertz CT molecular complexity index is 519. The number of pyridine rings is 1. The van der Waals surface area contributed by atoms with Crippen molar-refractivity contribution in [3.63, 3.8) is 0 Å². The second kappa shape index (κ2) is 9.18. The summed E-state index contributed by atoms with van der Waals surface area (Å²) >= 11 is 0. The molecule has 5 nitrogen and oxygen atoms in total. The minimum atomic E-state index is -0.416. The van der Waals surface area contributed by atoms with Gasteiger partial charge in [-0.15, -0.1) is 0 Å². The summed E-state index contributed by atoms with van der Waals surface area (Å²) in [7, 11) is 2.04.